The number of benzene rings is 2. The number of nitrogens with zero attached hydrogens (tertiary/aromatic N) is 1. The number of anilines is 1. The van der Waals surface area contributed by atoms with Crippen LogP contribution < -0.4 is 9.64 Å². The highest BCUT2D eigenvalue weighted by molar-refractivity contribution is 6.32. The van der Waals surface area contributed by atoms with E-state index >= 15 is 4.39 Å². The van der Waals surface area contributed by atoms with Gasteiger partial charge in [0.15, 0.2) is 5.78 Å². The minimum atomic E-state index is -0.510. The Morgan fingerprint density at radius 2 is 1.92 bits per heavy atom. The van der Waals surface area contributed by atoms with E-state index in [1.165, 1.54) is 18.1 Å². The maximum absolute atomic E-state index is 15.3. The van der Waals surface area contributed by atoms with Crippen molar-refractivity contribution in [2.75, 3.05) is 19.1 Å². The van der Waals surface area contributed by atoms with Gasteiger partial charge >= 0.3 is 0 Å². The van der Waals surface area contributed by atoms with Crippen molar-refractivity contribution in [2.24, 2.45) is 35.5 Å². The Kier molecular flexibility index (Phi) is 6.97. The quantitative estimate of drug-likeness (QED) is 0.238. The number of hydrogen-bond donors (Lipinski definition) is 0. The van der Waals surface area contributed by atoms with Gasteiger partial charge in [-0.1, -0.05) is 36.7 Å². The first kappa shape index (κ1) is 25.7. The summed E-state index contributed by atoms with van der Waals surface area (Å²) in [7, 11) is 3.09. The van der Waals surface area contributed by atoms with Crippen LogP contribution in [0.15, 0.2) is 48.6 Å². The molecule has 2 aromatic rings. The molecule has 6 unspecified atom stereocenters. The molecule has 0 radical (unpaired) electrons. The minimum Gasteiger partial charge on any atom is -0.495 e. The molecule has 5 rings (SSSR count). The van der Waals surface area contributed by atoms with Crippen LogP contribution >= 0.6 is 11.6 Å². The number of carbonyl (C=O) groups excluding carboxylic acids is 3. The second-order valence-corrected chi connectivity index (χ2v) is 11.1. The first-order valence-corrected chi connectivity index (χ1v) is 13.2. The molecule has 0 spiro atoms. The van der Waals surface area contributed by atoms with E-state index in [4.69, 9.17) is 16.3 Å². The second-order valence-electron chi connectivity index (χ2n) is 10.7. The van der Waals surface area contributed by atoms with Gasteiger partial charge in [-0.05, 0) is 78.8 Å². The number of Topliss-reactive ketones (excluding diaryl/α,β-unsaturated/α-hetero) is 1. The van der Waals surface area contributed by atoms with Gasteiger partial charge in [0, 0.05) is 24.4 Å². The van der Waals surface area contributed by atoms with Gasteiger partial charge in [-0.25, -0.2) is 4.39 Å². The number of methoxy groups -OCH3 is 1. The van der Waals surface area contributed by atoms with E-state index < -0.39 is 17.7 Å². The van der Waals surface area contributed by atoms with E-state index in [1.807, 2.05) is 6.08 Å². The summed E-state index contributed by atoms with van der Waals surface area (Å²) in [6.45, 7) is 2.16. The fraction of sp³-hybridized carbons (Fsp3) is 0.433. The fourth-order valence-electron chi connectivity index (χ4n) is 5.98. The Hall–Kier alpha value is -2.99. The summed E-state index contributed by atoms with van der Waals surface area (Å²) in [5.41, 5.74) is 1.42. The predicted octanol–water partition coefficient (Wildman–Crippen LogP) is 6.10. The SMILES string of the molecule is COc1ccc(C(=O)C2CC2c2ccc(N(C)C(=O)C3C(C=O)CC=CC3C3C[C@@H]3C)c(F)c2)cc1Cl. The third-order valence-corrected chi connectivity index (χ3v) is 8.72. The average Bonchev–Trinajstić information content (AvgIpc) is 3.83. The summed E-state index contributed by atoms with van der Waals surface area (Å²) in [4.78, 5) is 39.7. The first-order chi connectivity index (χ1) is 17.7. The number of ketones is 1. The first-order valence-electron chi connectivity index (χ1n) is 12.8. The van der Waals surface area contributed by atoms with E-state index in [-0.39, 0.29) is 35.1 Å². The largest absolute Gasteiger partial charge is 0.495 e. The maximum Gasteiger partial charge on any atom is 0.231 e. The van der Waals surface area contributed by atoms with Gasteiger partial charge in [0.05, 0.1) is 23.7 Å². The van der Waals surface area contributed by atoms with Gasteiger partial charge in [-0.3, -0.25) is 9.59 Å². The van der Waals surface area contributed by atoms with Gasteiger partial charge in [0.2, 0.25) is 5.91 Å². The fourth-order valence-corrected chi connectivity index (χ4v) is 6.24. The van der Waals surface area contributed by atoms with Crippen molar-refractivity contribution in [3.05, 3.63) is 70.5 Å². The monoisotopic (exact) mass is 523 g/mol. The highest BCUT2D eigenvalue weighted by Gasteiger charge is 2.48. The molecule has 7 heteroatoms. The Bertz CT molecular complexity index is 1280. The Morgan fingerprint density at radius 3 is 2.54 bits per heavy atom. The Morgan fingerprint density at radius 1 is 1.16 bits per heavy atom. The Labute approximate surface area is 221 Å². The lowest BCUT2D eigenvalue weighted by Crippen LogP contribution is -2.43. The van der Waals surface area contributed by atoms with Crippen LogP contribution in [0, 0.1) is 41.3 Å². The average molecular weight is 524 g/mol. The number of halogens is 2. The minimum absolute atomic E-state index is 0.000858. The molecular formula is C30H31ClFNO4. The summed E-state index contributed by atoms with van der Waals surface area (Å²) in [6, 6.07) is 9.78. The maximum atomic E-state index is 15.3. The summed E-state index contributed by atoms with van der Waals surface area (Å²) in [6.07, 6.45) is 7.15. The van der Waals surface area contributed by atoms with Crippen LogP contribution in [-0.4, -0.2) is 32.1 Å². The lowest BCUT2D eigenvalue weighted by molar-refractivity contribution is -0.129. The van der Waals surface area contributed by atoms with Crippen molar-refractivity contribution in [3.63, 3.8) is 0 Å². The van der Waals surface area contributed by atoms with Crippen LogP contribution in [-0.2, 0) is 9.59 Å². The summed E-state index contributed by atoms with van der Waals surface area (Å²) < 4.78 is 20.5. The summed E-state index contributed by atoms with van der Waals surface area (Å²) in [5, 5.41) is 0.373. The molecule has 0 bridgehead atoms. The molecule has 2 fully saturated rings. The van der Waals surface area contributed by atoms with E-state index in [1.54, 1.807) is 37.4 Å². The van der Waals surface area contributed by atoms with Crippen LogP contribution in [0.5, 0.6) is 5.75 Å². The van der Waals surface area contributed by atoms with Gasteiger partial charge in [-0.2, -0.15) is 0 Å². The van der Waals surface area contributed by atoms with Crippen molar-refractivity contribution >= 4 is 35.3 Å². The van der Waals surface area contributed by atoms with E-state index in [0.29, 0.717) is 41.0 Å². The van der Waals surface area contributed by atoms with Crippen molar-refractivity contribution in [1.29, 1.82) is 0 Å². The van der Waals surface area contributed by atoms with Crippen molar-refractivity contribution in [3.8, 4) is 5.75 Å². The van der Waals surface area contributed by atoms with E-state index in [0.717, 1.165) is 18.3 Å². The molecular weight excluding hydrogens is 493 g/mol. The van der Waals surface area contributed by atoms with Crippen LogP contribution in [0.4, 0.5) is 10.1 Å². The summed E-state index contributed by atoms with van der Waals surface area (Å²) >= 11 is 6.17. The zero-order valence-corrected chi connectivity index (χ0v) is 22.0. The van der Waals surface area contributed by atoms with Crippen molar-refractivity contribution in [2.45, 2.75) is 32.1 Å². The van der Waals surface area contributed by atoms with Gasteiger partial charge in [-0.15, -0.1) is 0 Å². The molecule has 194 valence electrons. The number of carbonyl (C=O) groups is 3. The lowest BCUT2D eigenvalue weighted by Gasteiger charge is -2.34. The van der Waals surface area contributed by atoms with Crippen LogP contribution in [0.2, 0.25) is 5.02 Å². The molecule has 0 aromatic heterocycles. The third kappa shape index (κ3) is 4.84. The molecule has 2 aromatic carbocycles. The van der Waals surface area contributed by atoms with Crippen LogP contribution in [0.25, 0.3) is 0 Å². The number of ether oxygens (including phenoxy) is 1. The van der Waals surface area contributed by atoms with Crippen molar-refractivity contribution in [1.82, 2.24) is 0 Å². The number of rotatable bonds is 8. The zero-order valence-electron chi connectivity index (χ0n) is 21.2. The van der Waals surface area contributed by atoms with Crippen molar-refractivity contribution < 1.29 is 23.5 Å². The normalized spacial score (nSPS) is 29.9. The molecule has 0 N–H and O–H groups in total. The second kappa shape index (κ2) is 10.1. The number of allylic oxidation sites excluding steroid dienone is 2. The molecule has 0 saturated heterocycles. The van der Waals surface area contributed by atoms with Crippen LogP contribution in [0.1, 0.15) is 48.0 Å². The highest BCUT2D eigenvalue weighted by atomic mass is 35.5. The molecule has 3 aliphatic carbocycles. The molecule has 2 saturated carbocycles. The molecule has 3 aliphatic rings. The topological polar surface area (TPSA) is 63.7 Å². The molecule has 37 heavy (non-hydrogen) atoms. The summed E-state index contributed by atoms with van der Waals surface area (Å²) in [5.74, 6) is -0.551. The van der Waals surface area contributed by atoms with Gasteiger partial charge < -0.3 is 14.4 Å². The molecule has 0 heterocycles. The lowest BCUT2D eigenvalue weighted by atomic mass is 9.73. The van der Waals surface area contributed by atoms with Gasteiger partial charge in [0.25, 0.3) is 0 Å². The zero-order chi connectivity index (χ0) is 26.4. The number of hydrogen-bond acceptors (Lipinski definition) is 4. The molecule has 0 aliphatic heterocycles. The number of amides is 1. The standard InChI is InChI=1S/C30H31ClFNO4/c1-16-11-21(16)20-6-4-5-19(15-34)28(20)30(36)33(2)26-9-7-17(13-25(26)32)22-14-23(22)29(35)18-8-10-27(37-3)24(31)12-18/h4,6-10,12-13,15-16,19-23,28H,5,11,14H2,1-3H3/t16-,19?,20?,21?,22?,23?,28?/m0/s1. The molecule has 1 amide bonds. The highest BCUT2D eigenvalue weighted by Crippen LogP contribution is 2.52. The molecule has 5 nitrogen and oxygen atoms in total. The smallest absolute Gasteiger partial charge is 0.231 e. The molecule has 7 atom stereocenters. The van der Waals surface area contributed by atoms with Gasteiger partial charge in [0.1, 0.15) is 17.9 Å². The predicted molar refractivity (Wildman–Crippen MR) is 141 cm³/mol. The van der Waals surface area contributed by atoms with E-state index in [2.05, 4.69) is 13.0 Å². The van der Waals surface area contributed by atoms with Crippen LogP contribution in [0.3, 0.4) is 0 Å². The van der Waals surface area contributed by atoms with E-state index in [9.17, 15) is 14.4 Å². The Balaban J connectivity index is 1.31. The number of aldehydes is 1. The third-order valence-electron chi connectivity index (χ3n) is 8.42.